The molecule has 0 spiro atoms. The number of amides is 1. The second kappa shape index (κ2) is 4.62. The molecule has 0 saturated carbocycles. The molecule has 2 N–H and O–H groups in total. The molecule has 1 aliphatic rings. The predicted octanol–water partition coefficient (Wildman–Crippen LogP) is 1.63. The maximum absolute atomic E-state index is 12.4. The van der Waals surface area contributed by atoms with Crippen molar-refractivity contribution in [1.29, 1.82) is 0 Å². The molecule has 1 aromatic heterocycles. The van der Waals surface area contributed by atoms with Crippen LogP contribution in [-0.2, 0) is 13.0 Å². The number of benzene rings is 1. The molecule has 3 rings (SSSR count). The van der Waals surface area contributed by atoms with E-state index >= 15 is 0 Å². The Balaban J connectivity index is 1.88. The van der Waals surface area contributed by atoms with Gasteiger partial charge in [-0.05, 0) is 42.1 Å². The normalized spacial score (nSPS) is 14.3. The van der Waals surface area contributed by atoms with Crippen molar-refractivity contribution in [2.75, 3.05) is 12.3 Å². The van der Waals surface area contributed by atoms with Crippen molar-refractivity contribution in [2.24, 2.45) is 0 Å². The molecule has 1 aliphatic heterocycles. The maximum Gasteiger partial charge on any atom is 0.267 e. The van der Waals surface area contributed by atoms with Crippen molar-refractivity contribution >= 4 is 23.1 Å². The summed E-state index contributed by atoms with van der Waals surface area (Å²) in [5.41, 5.74) is 9.75. The summed E-state index contributed by atoms with van der Waals surface area (Å²) in [7, 11) is 0. The first-order valence-electron chi connectivity index (χ1n) is 6.11. The SMILES string of the molecule is Cc1nnsc1C(=O)N1CCc2cccc(N)c2C1. The predicted molar refractivity (Wildman–Crippen MR) is 73.9 cm³/mol. The van der Waals surface area contributed by atoms with Gasteiger partial charge < -0.3 is 10.6 Å². The lowest BCUT2D eigenvalue weighted by molar-refractivity contribution is 0.0739. The van der Waals surface area contributed by atoms with Crippen LogP contribution in [0.3, 0.4) is 0 Å². The molecule has 2 heterocycles. The Bertz CT molecular complexity index is 637. The minimum Gasteiger partial charge on any atom is -0.398 e. The van der Waals surface area contributed by atoms with Gasteiger partial charge in [-0.15, -0.1) is 5.10 Å². The minimum absolute atomic E-state index is 0.00130. The average Bonchev–Trinajstić information content (AvgIpc) is 2.84. The van der Waals surface area contributed by atoms with E-state index in [2.05, 4.69) is 15.7 Å². The van der Waals surface area contributed by atoms with Gasteiger partial charge in [0.1, 0.15) is 4.88 Å². The molecule has 0 saturated heterocycles. The van der Waals surface area contributed by atoms with Gasteiger partial charge in [0.25, 0.3) is 5.91 Å². The van der Waals surface area contributed by atoms with Gasteiger partial charge in [0.2, 0.25) is 0 Å². The Hall–Kier alpha value is -1.95. The van der Waals surface area contributed by atoms with E-state index in [1.54, 1.807) is 0 Å². The summed E-state index contributed by atoms with van der Waals surface area (Å²) in [5, 5.41) is 3.89. The third-order valence-electron chi connectivity index (χ3n) is 3.44. The average molecular weight is 274 g/mol. The third-order valence-corrected chi connectivity index (χ3v) is 4.26. The Kier molecular flexibility index (Phi) is 2.94. The van der Waals surface area contributed by atoms with Crippen LogP contribution in [0.15, 0.2) is 18.2 Å². The molecule has 19 heavy (non-hydrogen) atoms. The number of fused-ring (bicyclic) bond motifs is 1. The zero-order valence-electron chi connectivity index (χ0n) is 10.6. The quantitative estimate of drug-likeness (QED) is 0.802. The number of carbonyl (C=O) groups is 1. The molecule has 0 bridgehead atoms. The molecule has 6 heteroatoms. The number of nitrogens with zero attached hydrogens (tertiary/aromatic N) is 3. The Morgan fingerprint density at radius 3 is 3.05 bits per heavy atom. The number of aryl methyl sites for hydroxylation is 1. The fraction of sp³-hybridized carbons (Fsp3) is 0.308. The van der Waals surface area contributed by atoms with Gasteiger partial charge in [-0.2, -0.15) is 0 Å². The molecule has 0 unspecified atom stereocenters. The van der Waals surface area contributed by atoms with Gasteiger partial charge in [-0.25, -0.2) is 0 Å². The molecular formula is C13H14N4OS. The van der Waals surface area contributed by atoms with E-state index in [-0.39, 0.29) is 5.91 Å². The van der Waals surface area contributed by atoms with Gasteiger partial charge >= 0.3 is 0 Å². The van der Waals surface area contributed by atoms with Crippen molar-refractivity contribution in [1.82, 2.24) is 14.5 Å². The summed E-state index contributed by atoms with van der Waals surface area (Å²) in [6, 6.07) is 5.92. The van der Waals surface area contributed by atoms with E-state index < -0.39 is 0 Å². The summed E-state index contributed by atoms with van der Waals surface area (Å²) in [5.74, 6) is 0.00130. The molecule has 0 aliphatic carbocycles. The number of aromatic nitrogens is 2. The van der Waals surface area contributed by atoms with Gasteiger partial charge in [-0.3, -0.25) is 4.79 Å². The first-order valence-corrected chi connectivity index (χ1v) is 6.88. The highest BCUT2D eigenvalue weighted by atomic mass is 32.1. The molecule has 0 fully saturated rings. The highest BCUT2D eigenvalue weighted by molar-refractivity contribution is 7.07. The number of nitrogen functional groups attached to an aromatic ring is 1. The summed E-state index contributed by atoms with van der Waals surface area (Å²) in [4.78, 5) is 14.9. The number of nitrogens with two attached hydrogens (primary N) is 1. The van der Waals surface area contributed by atoms with E-state index in [1.807, 2.05) is 24.0 Å². The van der Waals surface area contributed by atoms with Gasteiger partial charge in [-0.1, -0.05) is 16.6 Å². The van der Waals surface area contributed by atoms with Crippen molar-refractivity contribution in [2.45, 2.75) is 19.9 Å². The summed E-state index contributed by atoms with van der Waals surface area (Å²) in [6.45, 7) is 3.09. The lowest BCUT2D eigenvalue weighted by atomic mass is 9.98. The molecular weight excluding hydrogens is 260 g/mol. The third kappa shape index (κ3) is 2.08. The first kappa shape index (κ1) is 12.1. The van der Waals surface area contributed by atoms with Crippen LogP contribution in [0.2, 0.25) is 0 Å². The maximum atomic E-state index is 12.4. The van der Waals surface area contributed by atoms with Crippen LogP contribution < -0.4 is 5.73 Å². The number of rotatable bonds is 1. The van der Waals surface area contributed by atoms with E-state index in [0.29, 0.717) is 23.7 Å². The van der Waals surface area contributed by atoms with E-state index in [1.165, 1.54) is 5.56 Å². The zero-order chi connectivity index (χ0) is 13.4. The smallest absolute Gasteiger partial charge is 0.267 e. The van der Waals surface area contributed by atoms with Crippen LogP contribution in [0.5, 0.6) is 0 Å². The van der Waals surface area contributed by atoms with Crippen LogP contribution in [0.4, 0.5) is 5.69 Å². The first-order chi connectivity index (χ1) is 9.16. The Morgan fingerprint density at radius 1 is 1.47 bits per heavy atom. The van der Waals surface area contributed by atoms with Crippen LogP contribution >= 0.6 is 11.5 Å². The minimum atomic E-state index is 0.00130. The van der Waals surface area contributed by atoms with Crippen molar-refractivity contribution in [3.8, 4) is 0 Å². The lowest BCUT2D eigenvalue weighted by Crippen LogP contribution is -2.36. The number of hydrogen-bond donors (Lipinski definition) is 1. The highest BCUT2D eigenvalue weighted by Gasteiger charge is 2.25. The fourth-order valence-electron chi connectivity index (χ4n) is 2.35. The second-order valence-electron chi connectivity index (χ2n) is 4.65. The molecule has 5 nitrogen and oxygen atoms in total. The number of anilines is 1. The van der Waals surface area contributed by atoms with Gasteiger partial charge in [0.05, 0.1) is 5.69 Å². The topological polar surface area (TPSA) is 72.1 Å². The molecule has 1 amide bonds. The van der Waals surface area contributed by atoms with Crippen molar-refractivity contribution in [3.63, 3.8) is 0 Å². The number of hydrogen-bond acceptors (Lipinski definition) is 5. The summed E-state index contributed by atoms with van der Waals surface area (Å²) in [6.07, 6.45) is 0.845. The number of carbonyl (C=O) groups excluding carboxylic acids is 1. The van der Waals surface area contributed by atoms with Gasteiger partial charge in [0.15, 0.2) is 0 Å². The molecule has 98 valence electrons. The Morgan fingerprint density at radius 2 is 2.32 bits per heavy atom. The van der Waals surface area contributed by atoms with Crippen LogP contribution in [0, 0.1) is 6.92 Å². The molecule has 2 aromatic rings. The fourth-order valence-corrected chi connectivity index (χ4v) is 2.98. The van der Waals surface area contributed by atoms with Crippen molar-refractivity contribution < 1.29 is 4.79 Å². The summed E-state index contributed by atoms with van der Waals surface area (Å²) >= 11 is 1.15. The van der Waals surface area contributed by atoms with Crippen LogP contribution in [-0.4, -0.2) is 26.9 Å². The molecule has 0 atom stereocenters. The van der Waals surface area contributed by atoms with Crippen LogP contribution in [0.25, 0.3) is 0 Å². The highest BCUT2D eigenvalue weighted by Crippen LogP contribution is 2.26. The standard InChI is InChI=1S/C13H14N4OS/c1-8-12(19-16-15-8)13(18)17-6-5-9-3-2-4-11(14)10(9)7-17/h2-4H,5-7,14H2,1H3. The second-order valence-corrected chi connectivity index (χ2v) is 5.40. The monoisotopic (exact) mass is 274 g/mol. The zero-order valence-corrected chi connectivity index (χ0v) is 11.4. The van der Waals surface area contributed by atoms with Crippen LogP contribution in [0.1, 0.15) is 26.5 Å². The van der Waals surface area contributed by atoms with E-state index in [4.69, 9.17) is 5.73 Å². The lowest BCUT2D eigenvalue weighted by Gasteiger charge is -2.29. The van der Waals surface area contributed by atoms with E-state index in [9.17, 15) is 4.79 Å². The summed E-state index contributed by atoms with van der Waals surface area (Å²) < 4.78 is 3.82. The Labute approximate surface area is 115 Å². The van der Waals surface area contributed by atoms with Crippen molar-refractivity contribution in [3.05, 3.63) is 39.9 Å². The molecule has 1 aromatic carbocycles. The van der Waals surface area contributed by atoms with E-state index in [0.717, 1.165) is 29.2 Å². The van der Waals surface area contributed by atoms with Gasteiger partial charge in [0, 0.05) is 18.8 Å². The molecule has 0 radical (unpaired) electrons. The largest absolute Gasteiger partial charge is 0.398 e.